The Bertz CT molecular complexity index is 2800. The lowest BCUT2D eigenvalue weighted by Crippen LogP contribution is -2.05. The second kappa shape index (κ2) is 18.6. The fourth-order valence-electron chi connectivity index (χ4n) is 6.31. The highest BCUT2D eigenvalue weighted by Gasteiger charge is 2.21. The van der Waals surface area contributed by atoms with E-state index in [0.717, 1.165) is 36.4 Å². The van der Waals surface area contributed by atoms with Crippen molar-refractivity contribution < 1.29 is 61.3 Å². The molecule has 0 saturated carbocycles. The molecule has 0 fully saturated rings. The van der Waals surface area contributed by atoms with Gasteiger partial charge in [0.1, 0.15) is 69.0 Å². The van der Waals surface area contributed by atoms with Gasteiger partial charge >= 0.3 is 0 Å². The van der Waals surface area contributed by atoms with E-state index in [2.05, 4.69) is 71.0 Å². The van der Waals surface area contributed by atoms with E-state index in [1.807, 2.05) is 0 Å². The summed E-state index contributed by atoms with van der Waals surface area (Å²) in [4.78, 5) is 0. The standard InChI is InChI=1S/C54H30O12/c55-37-13-31(14-38(56)25-37)1-7-49-50(8-2-32-15-39(57)26-40(58)16-32)52(10-4-34-19-43(61)28-44(62)20-34)54(12-6-36-23-47(65)30-48(66)24-36)53(11-5-35-21-45(63)29-46(64)22-35)51(49)9-3-33-17-41(59)27-42(60)18-33/h13-30,55-66H. The minimum absolute atomic E-state index is 0.0294. The minimum atomic E-state index is -0.322. The molecule has 66 heavy (non-hydrogen) atoms. The number of phenolic OH excluding ortho intramolecular Hbond substituents is 12. The summed E-state index contributed by atoms with van der Waals surface area (Å²) in [5, 5.41) is 124. The monoisotopic (exact) mass is 870 g/mol. The highest BCUT2D eigenvalue weighted by molar-refractivity contribution is 5.79. The Hall–Kier alpha value is -10.5. The van der Waals surface area contributed by atoms with Crippen LogP contribution in [0.3, 0.4) is 0 Å². The minimum Gasteiger partial charge on any atom is -0.508 e. The lowest BCUT2D eigenvalue weighted by atomic mass is 9.86. The van der Waals surface area contributed by atoms with Gasteiger partial charge in [-0.1, -0.05) is 71.0 Å². The van der Waals surface area contributed by atoms with Crippen LogP contribution in [0, 0.1) is 71.0 Å². The molecule has 0 spiro atoms. The smallest absolute Gasteiger partial charge is 0.120 e. The molecule has 0 saturated heterocycles. The molecule has 0 aliphatic heterocycles. The van der Waals surface area contributed by atoms with E-state index in [4.69, 9.17) is 0 Å². The molecular formula is C54H30O12. The van der Waals surface area contributed by atoms with Crippen molar-refractivity contribution in [3.8, 4) is 140 Å². The molecule has 12 N–H and O–H groups in total. The van der Waals surface area contributed by atoms with E-state index in [1.165, 1.54) is 72.8 Å². The Morgan fingerprint density at radius 1 is 0.152 bits per heavy atom. The van der Waals surface area contributed by atoms with Crippen molar-refractivity contribution >= 4 is 0 Å². The zero-order chi connectivity index (χ0) is 47.1. The van der Waals surface area contributed by atoms with Gasteiger partial charge in [0, 0.05) is 69.8 Å². The molecule has 0 aromatic heterocycles. The van der Waals surface area contributed by atoms with Gasteiger partial charge in [0.25, 0.3) is 0 Å². The SMILES string of the molecule is Oc1cc(O)cc(C#Cc2c(C#Cc3cc(O)cc(O)c3)c(C#Cc3cc(O)cc(O)c3)c(C#Cc3cc(O)cc(O)c3)c(C#Cc3cc(O)cc(O)c3)c2C#Cc2cc(O)cc(O)c2)c1. The summed E-state index contributed by atoms with van der Waals surface area (Å²) in [6, 6.07) is 21.8. The number of hydrogen-bond donors (Lipinski definition) is 12. The first-order valence-electron chi connectivity index (χ1n) is 19.1. The predicted molar refractivity (Wildman–Crippen MR) is 241 cm³/mol. The first-order chi connectivity index (χ1) is 31.5. The van der Waals surface area contributed by atoms with Gasteiger partial charge in [-0.3, -0.25) is 0 Å². The third kappa shape index (κ3) is 11.1. The molecule has 7 aromatic carbocycles. The summed E-state index contributed by atoms with van der Waals surface area (Å²) in [5.41, 5.74) is 0.487. The van der Waals surface area contributed by atoms with Gasteiger partial charge in [0.05, 0.1) is 33.4 Å². The second-order valence-electron chi connectivity index (χ2n) is 14.2. The number of aromatic hydroxyl groups is 12. The molecule has 12 nitrogen and oxygen atoms in total. The summed E-state index contributed by atoms with van der Waals surface area (Å²) >= 11 is 0. The van der Waals surface area contributed by atoms with Crippen LogP contribution >= 0.6 is 0 Å². The van der Waals surface area contributed by atoms with Crippen molar-refractivity contribution in [3.05, 3.63) is 176 Å². The lowest BCUT2D eigenvalue weighted by Gasteiger charge is -2.13. The van der Waals surface area contributed by atoms with Crippen molar-refractivity contribution in [3.63, 3.8) is 0 Å². The fourth-order valence-corrected chi connectivity index (χ4v) is 6.31. The Balaban J connectivity index is 1.73. The highest BCUT2D eigenvalue weighted by Crippen LogP contribution is 2.31. The van der Waals surface area contributed by atoms with Crippen molar-refractivity contribution in [2.24, 2.45) is 0 Å². The summed E-state index contributed by atoms with van der Waals surface area (Å²) in [5.74, 6) is 31.6. The van der Waals surface area contributed by atoms with Crippen LogP contribution in [0.2, 0.25) is 0 Å². The Morgan fingerprint density at radius 2 is 0.258 bits per heavy atom. The van der Waals surface area contributed by atoms with Gasteiger partial charge < -0.3 is 61.3 Å². The molecule has 0 radical (unpaired) electrons. The molecule has 0 atom stereocenters. The van der Waals surface area contributed by atoms with Gasteiger partial charge in [-0.05, 0) is 72.8 Å². The fraction of sp³-hybridized carbons (Fsp3) is 0. The van der Waals surface area contributed by atoms with E-state index in [0.29, 0.717) is 0 Å². The Kier molecular flexibility index (Phi) is 12.3. The molecule has 0 unspecified atom stereocenters. The molecule has 0 bridgehead atoms. The average molecular weight is 871 g/mol. The third-order valence-electron chi connectivity index (χ3n) is 8.91. The normalized spacial score (nSPS) is 9.82. The van der Waals surface area contributed by atoms with Gasteiger partial charge in [-0.15, -0.1) is 0 Å². The lowest BCUT2D eigenvalue weighted by molar-refractivity contribution is 0.449. The number of benzene rings is 7. The number of phenols is 12. The Labute approximate surface area is 376 Å². The molecule has 12 heteroatoms. The zero-order valence-corrected chi connectivity index (χ0v) is 33.8. The quantitative estimate of drug-likeness (QED) is 0.0727. The molecule has 0 amide bonds. The molecule has 7 aromatic rings. The summed E-state index contributed by atoms with van der Waals surface area (Å²) in [7, 11) is 0. The Morgan fingerprint density at radius 3 is 0.364 bits per heavy atom. The maximum atomic E-state index is 10.3. The van der Waals surface area contributed by atoms with Crippen LogP contribution in [0.15, 0.2) is 109 Å². The third-order valence-corrected chi connectivity index (χ3v) is 8.91. The second-order valence-corrected chi connectivity index (χ2v) is 14.2. The van der Waals surface area contributed by atoms with Crippen LogP contribution in [0.4, 0.5) is 0 Å². The van der Waals surface area contributed by atoms with Gasteiger partial charge in [0.2, 0.25) is 0 Å². The van der Waals surface area contributed by atoms with Crippen LogP contribution in [0.25, 0.3) is 0 Å². The van der Waals surface area contributed by atoms with E-state index in [9.17, 15) is 61.3 Å². The predicted octanol–water partition coefficient (Wildman–Crippen LogP) is 6.55. The van der Waals surface area contributed by atoms with Crippen molar-refractivity contribution in [1.82, 2.24) is 0 Å². The topological polar surface area (TPSA) is 243 Å². The van der Waals surface area contributed by atoms with Crippen molar-refractivity contribution in [2.75, 3.05) is 0 Å². The highest BCUT2D eigenvalue weighted by atomic mass is 16.3. The average Bonchev–Trinajstić information content (AvgIpc) is 3.20. The van der Waals surface area contributed by atoms with Crippen LogP contribution in [0.1, 0.15) is 66.8 Å². The molecular weight excluding hydrogens is 841 g/mol. The first kappa shape index (κ1) is 43.6. The van der Waals surface area contributed by atoms with E-state index in [-0.39, 0.29) is 136 Å². The summed E-state index contributed by atoms with van der Waals surface area (Å²) in [6.07, 6.45) is 0. The maximum Gasteiger partial charge on any atom is 0.120 e. The van der Waals surface area contributed by atoms with Gasteiger partial charge in [-0.2, -0.15) is 0 Å². The molecule has 0 aliphatic rings. The zero-order valence-electron chi connectivity index (χ0n) is 33.8. The van der Waals surface area contributed by atoms with Crippen LogP contribution in [-0.2, 0) is 0 Å². The van der Waals surface area contributed by atoms with Crippen LogP contribution in [-0.4, -0.2) is 61.3 Å². The van der Waals surface area contributed by atoms with E-state index in [1.54, 1.807) is 0 Å². The maximum absolute atomic E-state index is 10.3. The van der Waals surface area contributed by atoms with Crippen molar-refractivity contribution in [1.29, 1.82) is 0 Å². The van der Waals surface area contributed by atoms with Gasteiger partial charge in [-0.25, -0.2) is 0 Å². The molecule has 0 heterocycles. The molecule has 0 aliphatic carbocycles. The largest absolute Gasteiger partial charge is 0.508 e. The molecule has 7 rings (SSSR count). The van der Waals surface area contributed by atoms with Crippen LogP contribution < -0.4 is 0 Å². The van der Waals surface area contributed by atoms with Crippen LogP contribution in [0.5, 0.6) is 69.0 Å². The summed E-state index contributed by atoms with van der Waals surface area (Å²) in [6.45, 7) is 0. The first-order valence-corrected chi connectivity index (χ1v) is 19.1. The van der Waals surface area contributed by atoms with Crippen molar-refractivity contribution in [2.45, 2.75) is 0 Å². The number of rotatable bonds is 0. The number of hydrogen-bond acceptors (Lipinski definition) is 12. The van der Waals surface area contributed by atoms with Gasteiger partial charge in [0.15, 0.2) is 0 Å². The van der Waals surface area contributed by atoms with E-state index < -0.39 is 0 Å². The molecule has 318 valence electrons. The summed E-state index contributed by atoms with van der Waals surface area (Å²) < 4.78 is 0. The van der Waals surface area contributed by atoms with E-state index >= 15 is 0 Å².